The molecule has 1 saturated carbocycles. The Labute approximate surface area is 184 Å². The lowest BCUT2D eigenvalue weighted by molar-refractivity contribution is 0.0694. The Morgan fingerprint density at radius 2 is 2.12 bits per heavy atom. The lowest BCUT2D eigenvalue weighted by Crippen LogP contribution is -2.49. The van der Waals surface area contributed by atoms with Gasteiger partial charge in [0, 0.05) is 18.8 Å². The van der Waals surface area contributed by atoms with E-state index in [0.717, 1.165) is 24.6 Å². The highest BCUT2D eigenvalue weighted by atomic mass is 19.1. The standard InChI is InChI=1S/C22H27FN4O5/c1-4-32-25-17-11-26(8-7-16(17)24-2)19-15(23)9-13-18(21(19)31-3)27(12-5-6-12)10-14(20(13)28)22(29)30/h9-10,12,16,24H,4-8,11H2,1-3H3,(H,29,30)/b25-17+. The van der Waals surface area contributed by atoms with Crippen molar-refractivity contribution in [2.24, 2.45) is 5.16 Å². The number of carboxylic acid groups (broad SMARTS) is 1. The highest BCUT2D eigenvalue weighted by Crippen LogP contribution is 2.44. The molecule has 1 unspecified atom stereocenters. The number of piperidine rings is 1. The number of aromatic nitrogens is 1. The number of benzene rings is 1. The number of fused-ring (bicyclic) bond motifs is 1. The predicted octanol–water partition coefficient (Wildman–Crippen LogP) is 2.37. The molecule has 172 valence electrons. The average Bonchev–Trinajstić information content (AvgIpc) is 3.62. The van der Waals surface area contributed by atoms with Gasteiger partial charge in [0.25, 0.3) is 0 Å². The fourth-order valence-corrected chi connectivity index (χ4v) is 4.30. The molecule has 0 spiro atoms. The number of hydrogen-bond acceptors (Lipinski definition) is 7. The number of pyridine rings is 1. The van der Waals surface area contributed by atoms with Gasteiger partial charge >= 0.3 is 5.97 Å². The second-order valence-electron chi connectivity index (χ2n) is 8.00. The number of oxime groups is 1. The van der Waals surface area contributed by atoms with Gasteiger partial charge in [0.1, 0.15) is 17.9 Å². The highest BCUT2D eigenvalue weighted by molar-refractivity contribution is 5.99. The van der Waals surface area contributed by atoms with E-state index in [1.165, 1.54) is 13.3 Å². The lowest BCUT2D eigenvalue weighted by atomic mass is 10.0. The van der Waals surface area contributed by atoms with E-state index in [9.17, 15) is 14.7 Å². The van der Waals surface area contributed by atoms with Crippen LogP contribution in [0, 0.1) is 5.82 Å². The second kappa shape index (κ2) is 8.78. The maximum absolute atomic E-state index is 15.5. The number of nitrogens with one attached hydrogen (secondary N) is 1. The quantitative estimate of drug-likeness (QED) is 0.629. The van der Waals surface area contributed by atoms with Gasteiger partial charge in [-0.3, -0.25) is 4.79 Å². The minimum absolute atomic E-state index is 0.00298. The number of halogens is 1. The number of hydrogen-bond donors (Lipinski definition) is 2. The topological polar surface area (TPSA) is 105 Å². The van der Waals surface area contributed by atoms with Gasteiger partial charge in [-0.05, 0) is 39.3 Å². The van der Waals surface area contributed by atoms with Crippen molar-refractivity contribution in [3.63, 3.8) is 0 Å². The van der Waals surface area contributed by atoms with Crippen LogP contribution in [-0.4, -0.2) is 61.3 Å². The van der Waals surface area contributed by atoms with Gasteiger partial charge < -0.3 is 29.5 Å². The Balaban J connectivity index is 1.90. The summed E-state index contributed by atoms with van der Waals surface area (Å²) in [5.74, 6) is -1.75. The number of anilines is 1. The molecule has 2 aromatic rings. The first-order valence-corrected chi connectivity index (χ1v) is 10.7. The van der Waals surface area contributed by atoms with Gasteiger partial charge in [-0.2, -0.15) is 0 Å². The summed E-state index contributed by atoms with van der Waals surface area (Å²) in [6, 6.07) is 1.19. The van der Waals surface area contributed by atoms with Crippen LogP contribution < -0.4 is 20.4 Å². The zero-order valence-electron chi connectivity index (χ0n) is 18.4. The maximum atomic E-state index is 15.5. The van der Waals surface area contributed by atoms with E-state index in [-0.39, 0.29) is 34.5 Å². The first-order valence-electron chi connectivity index (χ1n) is 10.7. The number of ether oxygens (including phenoxy) is 1. The van der Waals surface area contributed by atoms with Gasteiger partial charge in [-0.25, -0.2) is 9.18 Å². The molecule has 1 aliphatic heterocycles. The summed E-state index contributed by atoms with van der Waals surface area (Å²) in [7, 11) is 3.27. The van der Waals surface area contributed by atoms with Crippen LogP contribution in [0.4, 0.5) is 10.1 Å². The Morgan fingerprint density at radius 1 is 1.38 bits per heavy atom. The Bertz CT molecular complexity index is 1140. The van der Waals surface area contributed by atoms with Crippen molar-refractivity contribution >= 4 is 28.3 Å². The van der Waals surface area contributed by atoms with Crippen LogP contribution in [0.3, 0.4) is 0 Å². The lowest BCUT2D eigenvalue weighted by Gasteiger charge is -2.35. The van der Waals surface area contributed by atoms with Crippen molar-refractivity contribution in [3.05, 3.63) is 33.9 Å². The fraction of sp³-hybridized carbons (Fsp3) is 0.500. The van der Waals surface area contributed by atoms with Crippen LogP contribution in [0.5, 0.6) is 5.75 Å². The Hall–Kier alpha value is -3.14. The smallest absolute Gasteiger partial charge is 0.341 e. The fourth-order valence-electron chi connectivity index (χ4n) is 4.30. The highest BCUT2D eigenvalue weighted by Gasteiger charge is 2.33. The molecule has 1 aromatic carbocycles. The van der Waals surface area contributed by atoms with E-state index in [4.69, 9.17) is 9.57 Å². The van der Waals surface area contributed by atoms with Gasteiger partial charge in [-0.1, -0.05) is 5.16 Å². The minimum atomic E-state index is -1.33. The molecule has 2 N–H and O–H groups in total. The number of aromatic carboxylic acids is 1. The van der Waals surface area contributed by atoms with Crippen LogP contribution >= 0.6 is 0 Å². The van der Waals surface area contributed by atoms with Crippen LogP contribution in [-0.2, 0) is 4.84 Å². The van der Waals surface area contributed by atoms with Crippen LogP contribution in [0.1, 0.15) is 42.6 Å². The van der Waals surface area contributed by atoms with Crippen molar-refractivity contribution in [2.45, 2.75) is 38.3 Å². The van der Waals surface area contributed by atoms with Gasteiger partial charge in [-0.15, -0.1) is 0 Å². The zero-order valence-corrected chi connectivity index (χ0v) is 18.4. The van der Waals surface area contributed by atoms with Gasteiger partial charge in [0.2, 0.25) is 5.43 Å². The summed E-state index contributed by atoms with van der Waals surface area (Å²) >= 11 is 0. The van der Waals surface area contributed by atoms with E-state index in [0.29, 0.717) is 31.6 Å². The summed E-state index contributed by atoms with van der Waals surface area (Å²) in [6.07, 6.45) is 3.73. The SMILES string of the molecule is CCO/N=C1\CN(c2c(F)cc3c(=O)c(C(=O)O)cn(C4CC4)c3c2OC)CCC1NC. The van der Waals surface area contributed by atoms with Crippen molar-refractivity contribution in [1.82, 2.24) is 9.88 Å². The molecule has 1 aromatic heterocycles. The minimum Gasteiger partial charge on any atom is -0.492 e. The van der Waals surface area contributed by atoms with Crippen molar-refractivity contribution in [3.8, 4) is 5.75 Å². The molecular formula is C22H27FN4O5. The molecule has 9 nitrogen and oxygen atoms in total. The number of carboxylic acids is 1. The second-order valence-corrected chi connectivity index (χ2v) is 8.00. The van der Waals surface area contributed by atoms with Crippen molar-refractivity contribution < 1.29 is 23.9 Å². The molecular weight excluding hydrogens is 419 g/mol. The summed E-state index contributed by atoms with van der Waals surface area (Å²) in [5.41, 5.74) is 0.291. The predicted molar refractivity (Wildman–Crippen MR) is 119 cm³/mol. The first kappa shape index (κ1) is 22.1. The normalized spacial score (nSPS) is 20.1. The number of methoxy groups -OCH3 is 1. The Kier molecular flexibility index (Phi) is 6.05. The maximum Gasteiger partial charge on any atom is 0.341 e. The molecule has 2 fully saturated rings. The summed E-state index contributed by atoms with van der Waals surface area (Å²) in [5, 5.41) is 16.9. The molecule has 4 rings (SSSR count). The molecule has 0 radical (unpaired) electrons. The number of nitrogens with zero attached hydrogens (tertiary/aromatic N) is 3. The molecule has 1 atom stereocenters. The van der Waals surface area contributed by atoms with E-state index >= 15 is 4.39 Å². The Morgan fingerprint density at radius 3 is 2.72 bits per heavy atom. The molecule has 0 bridgehead atoms. The third-order valence-corrected chi connectivity index (χ3v) is 5.99. The van der Waals surface area contributed by atoms with E-state index in [1.54, 1.807) is 4.57 Å². The summed E-state index contributed by atoms with van der Waals surface area (Å²) in [6.45, 7) is 3.13. The first-order chi connectivity index (χ1) is 15.4. The molecule has 10 heteroatoms. The van der Waals surface area contributed by atoms with Crippen molar-refractivity contribution in [2.75, 3.05) is 38.8 Å². The van der Waals surface area contributed by atoms with Crippen LogP contribution in [0.15, 0.2) is 22.2 Å². The third kappa shape index (κ3) is 3.79. The van der Waals surface area contributed by atoms with E-state index in [2.05, 4.69) is 10.5 Å². The van der Waals surface area contributed by atoms with Crippen molar-refractivity contribution in [1.29, 1.82) is 0 Å². The molecule has 1 aliphatic carbocycles. The van der Waals surface area contributed by atoms with Gasteiger partial charge in [0.05, 0.1) is 36.3 Å². The molecule has 0 amide bonds. The van der Waals surface area contributed by atoms with E-state index in [1.807, 2.05) is 18.9 Å². The van der Waals surface area contributed by atoms with E-state index < -0.39 is 17.2 Å². The molecule has 2 aliphatic rings. The molecule has 1 saturated heterocycles. The zero-order chi connectivity index (χ0) is 23.0. The molecule has 2 heterocycles. The largest absolute Gasteiger partial charge is 0.492 e. The van der Waals surface area contributed by atoms with Crippen LogP contribution in [0.25, 0.3) is 10.9 Å². The average molecular weight is 446 g/mol. The number of rotatable bonds is 7. The monoisotopic (exact) mass is 446 g/mol. The third-order valence-electron chi connectivity index (χ3n) is 5.99. The number of carbonyl (C=O) groups is 1. The summed E-state index contributed by atoms with van der Waals surface area (Å²) < 4.78 is 22.9. The van der Waals surface area contributed by atoms with Gasteiger partial charge in [0.15, 0.2) is 11.6 Å². The van der Waals surface area contributed by atoms with Crippen LogP contribution in [0.2, 0.25) is 0 Å². The molecule has 32 heavy (non-hydrogen) atoms. The summed E-state index contributed by atoms with van der Waals surface area (Å²) in [4.78, 5) is 31.5.